The van der Waals surface area contributed by atoms with Gasteiger partial charge in [0, 0.05) is 25.5 Å². The Kier molecular flexibility index (Phi) is 3.87. The Balaban J connectivity index is 1.89. The monoisotopic (exact) mass is 288 g/mol. The molecule has 2 aromatic heterocycles. The van der Waals surface area contributed by atoms with E-state index in [-0.39, 0.29) is 0 Å². The summed E-state index contributed by atoms with van der Waals surface area (Å²) in [4.78, 5) is 6.53. The van der Waals surface area contributed by atoms with Crippen LogP contribution in [0.25, 0.3) is 11.1 Å². The van der Waals surface area contributed by atoms with E-state index < -0.39 is 0 Å². The first kappa shape index (κ1) is 13.4. The van der Waals surface area contributed by atoms with Crippen LogP contribution in [0.3, 0.4) is 0 Å². The van der Waals surface area contributed by atoms with Crippen molar-refractivity contribution in [3.05, 3.63) is 24.5 Å². The van der Waals surface area contributed by atoms with Gasteiger partial charge in [0.05, 0.1) is 5.56 Å². The lowest BCUT2D eigenvalue weighted by Crippen LogP contribution is -2.19. The summed E-state index contributed by atoms with van der Waals surface area (Å²) in [6.07, 6.45) is 7.47. The molecule has 0 aromatic carbocycles. The number of hydrogen-bond donors (Lipinski definition) is 1. The fraction of sp³-hybridized carbons (Fsp3) is 0.467. The molecule has 5 heteroatoms. The predicted octanol–water partition coefficient (Wildman–Crippen LogP) is 3.41. The second kappa shape index (κ2) is 5.79. The summed E-state index contributed by atoms with van der Waals surface area (Å²) in [6, 6.07) is 4.01. The van der Waals surface area contributed by atoms with Crippen molar-refractivity contribution in [1.82, 2.24) is 9.36 Å². The molecule has 0 amide bonds. The molecular formula is C15H20N4S. The molecule has 106 valence electrons. The number of aromatic nitrogens is 2. The Bertz CT molecular complexity index is 567. The first-order valence-electron chi connectivity index (χ1n) is 7.20. The van der Waals surface area contributed by atoms with Gasteiger partial charge in [0.1, 0.15) is 10.8 Å². The summed E-state index contributed by atoms with van der Waals surface area (Å²) in [5.74, 6) is 1.45. The van der Waals surface area contributed by atoms with Gasteiger partial charge >= 0.3 is 0 Å². The highest BCUT2D eigenvalue weighted by atomic mass is 32.1. The van der Waals surface area contributed by atoms with Crippen molar-refractivity contribution >= 4 is 22.4 Å². The minimum absolute atomic E-state index is 0.634. The first-order valence-corrected chi connectivity index (χ1v) is 7.97. The van der Waals surface area contributed by atoms with E-state index in [4.69, 9.17) is 5.73 Å². The van der Waals surface area contributed by atoms with Gasteiger partial charge in [-0.3, -0.25) is 4.98 Å². The molecule has 1 saturated heterocycles. The van der Waals surface area contributed by atoms with Crippen molar-refractivity contribution in [1.29, 1.82) is 0 Å². The molecule has 1 aliphatic heterocycles. The normalized spacial score (nSPS) is 18.6. The van der Waals surface area contributed by atoms with Crippen molar-refractivity contribution < 1.29 is 0 Å². The lowest BCUT2D eigenvalue weighted by molar-refractivity contribution is 0.530. The minimum atomic E-state index is 0.634. The van der Waals surface area contributed by atoms with E-state index in [2.05, 4.69) is 21.2 Å². The molecule has 4 nitrogen and oxygen atoms in total. The van der Waals surface area contributed by atoms with Gasteiger partial charge in [0.2, 0.25) is 0 Å². The smallest absolute Gasteiger partial charge is 0.147 e. The second-order valence-corrected chi connectivity index (χ2v) is 6.13. The molecule has 2 N–H and O–H groups in total. The highest BCUT2D eigenvalue weighted by Gasteiger charge is 2.26. The number of nitrogens with two attached hydrogens (primary N) is 1. The van der Waals surface area contributed by atoms with Gasteiger partial charge < -0.3 is 10.6 Å². The number of rotatable bonds is 4. The van der Waals surface area contributed by atoms with Gasteiger partial charge in [0.25, 0.3) is 0 Å². The molecule has 0 spiro atoms. The number of hydrogen-bond acceptors (Lipinski definition) is 5. The number of nitrogen functional groups attached to an aromatic ring is 1. The average molecular weight is 288 g/mol. The van der Waals surface area contributed by atoms with Crippen molar-refractivity contribution in [2.75, 3.05) is 23.7 Å². The molecule has 1 unspecified atom stereocenters. The molecule has 20 heavy (non-hydrogen) atoms. The van der Waals surface area contributed by atoms with Crippen LogP contribution in [0.15, 0.2) is 24.5 Å². The third kappa shape index (κ3) is 2.50. The van der Waals surface area contributed by atoms with E-state index in [1.807, 2.05) is 12.1 Å². The van der Waals surface area contributed by atoms with Crippen molar-refractivity contribution in [2.45, 2.75) is 26.2 Å². The maximum absolute atomic E-state index is 6.09. The van der Waals surface area contributed by atoms with Crippen LogP contribution >= 0.6 is 11.5 Å². The van der Waals surface area contributed by atoms with Crippen molar-refractivity contribution in [3.8, 4) is 11.1 Å². The fourth-order valence-electron chi connectivity index (χ4n) is 2.96. The molecule has 3 heterocycles. The van der Waals surface area contributed by atoms with Crippen LogP contribution in [0.5, 0.6) is 0 Å². The van der Waals surface area contributed by atoms with E-state index in [0.29, 0.717) is 5.82 Å². The first-order chi connectivity index (χ1) is 9.79. The summed E-state index contributed by atoms with van der Waals surface area (Å²) >= 11 is 1.52. The zero-order valence-corrected chi connectivity index (χ0v) is 12.6. The van der Waals surface area contributed by atoms with E-state index >= 15 is 0 Å². The highest BCUT2D eigenvalue weighted by Crippen LogP contribution is 2.41. The summed E-state index contributed by atoms with van der Waals surface area (Å²) in [5.41, 5.74) is 8.28. The molecule has 1 fully saturated rings. The summed E-state index contributed by atoms with van der Waals surface area (Å²) in [7, 11) is 0. The average Bonchev–Trinajstić information content (AvgIpc) is 3.07. The lowest BCUT2D eigenvalue weighted by atomic mass is 10.0. The van der Waals surface area contributed by atoms with Gasteiger partial charge in [-0.25, -0.2) is 0 Å². The quantitative estimate of drug-likeness (QED) is 0.936. The number of anilines is 2. The second-order valence-electron chi connectivity index (χ2n) is 5.37. The van der Waals surface area contributed by atoms with Crippen LogP contribution in [0, 0.1) is 5.92 Å². The van der Waals surface area contributed by atoms with Crippen LogP contribution in [0.4, 0.5) is 10.8 Å². The van der Waals surface area contributed by atoms with Crippen molar-refractivity contribution in [3.63, 3.8) is 0 Å². The molecule has 0 radical (unpaired) electrons. The van der Waals surface area contributed by atoms with Gasteiger partial charge in [-0.15, -0.1) is 0 Å². The largest absolute Gasteiger partial charge is 0.382 e. The predicted molar refractivity (Wildman–Crippen MR) is 85.0 cm³/mol. The molecule has 0 saturated carbocycles. The zero-order valence-electron chi connectivity index (χ0n) is 11.7. The summed E-state index contributed by atoms with van der Waals surface area (Å²) in [6.45, 7) is 4.51. The van der Waals surface area contributed by atoms with E-state index in [9.17, 15) is 0 Å². The zero-order chi connectivity index (χ0) is 13.9. The van der Waals surface area contributed by atoms with E-state index in [1.54, 1.807) is 12.4 Å². The van der Waals surface area contributed by atoms with Gasteiger partial charge in [-0.1, -0.05) is 13.3 Å². The van der Waals surface area contributed by atoms with E-state index in [0.717, 1.165) is 30.1 Å². The Labute approximate surface area is 123 Å². The number of pyridine rings is 1. The Morgan fingerprint density at radius 1 is 1.40 bits per heavy atom. The Hall–Kier alpha value is -1.62. The maximum atomic E-state index is 6.09. The lowest BCUT2D eigenvalue weighted by Gasteiger charge is -2.18. The molecule has 1 atom stereocenters. The SMILES string of the molecule is CCCC1CCN(c2snc(N)c2-c2ccncc2)C1. The molecule has 0 aliphatic carbocycles. The molecule has 3 rings (SSSR count). The van der Waals surface area contributed by atoms with Crippen LogP contribution < -0.4 is 10.6 Å². The molecular weight excluding hydrogens is 268 g/mol. The Morgan fingerprint density at radius 2 is 2.20 bits per heavy atom. The number of nitrogens with zero attached hydrogens (tertiary/aromatic N) is 3. The minimum Gasteiger partial charge on any atom is -0.382 e. The third-order valence-corrected chi connectivity index (χ3v) is 4.86. The third-order valence-electron chi connectivity index (χ3n) is 3.94. The topological polar surface area (TPSA) is 55.0 Å². The van der Waals surface area contributed by atoms with Crippen LogP contribution in [-0.4, -0.2) is 22.4 Å². The highest BCUT2D eigenvalue weighted by molar-refractivity contribution is 7.11. The maximum Gasteiger partial charge on any atom is 0.147 e. The van der Waals surface area contributed by atoms with Crippen molar-refractivity contribution in [2.24, 2.45) is 5.92 Å². The van der Waals surface area contributed by atoms with Gasteiger partial charge in [0.15, 0.2) is 0 Å². The molecule has 2 aromatic rings. The summed E-state index contributed by atoms with van der Waals surface area (Å²) < 4.78 is 4.37. The van der Waals surface area contributed by atoms with Crippen LogP contribution in [0.2, 0.25) is 0 Å². The van der Waals surface area contributed by atoms with Gasteiger partial charge in [-0.2, -0.15) is 4.37 Å². The van der Waals surface area contributed by atoms with Crippen LogP contribution in [0.1, 0.15) is 26.2 Å². The fourth-order valence-corrected chi connectivity index (χ4v) is 3.83. The van der Waals surface area contributed by atoms with Crippen LogP contribution in [-0.2, 0) is 0 Å². The van der Waals surface area contributed by atoms with E-state index in [1.165, 1.54) is 35.8 Å². The Morgan fingerprint density at radius 3 is 2.95 bits per heavy atom. The standard InChI is InChI=1S/C15H20N4S/c1-2-3-11-6-9-19(10-11)15-13(14(16)18-20-15)12-4-7-17-8-5-12/h4-5,7-8,11H,2-3,6,9-10H2,1H3,(H2,16,18). The van der Waals surface area contributed by atoms with Gasteiger partial charge in [-0.05, 0) is 48.0 Å². The molecule has 1 aliphatic rings. The summed E-state index contributed by atoms with van der Waals surface area (Å²) in [5, 5.41) is 1.22. The molecule has 0 bridgehead atoms.